The van der Waals surface area contributed by atoms with Gasteiger partial charge in [-0.05, 0) is 54.6 Å². The topological polar surface area (TPSA) is 80.5 Å². The van der Waals surface area contributed by atoms with Crippen LogP contribution in [0.5, 0.6) is 0 Å². The second-order valence-corrected chi connectivity index (χ2v) is 7.51. The van der Waals surface area contributed by atoms with E-state index >= 15 is 0 Å². The number of carbonyl (C=O) groups is 1. The maximum atomic E-state index is 12.2. The molecule has 130 valence electrons. The molecule has 0 bridgehead atoms. The number of hydrogen-bond donors (Lipinski definition) is 1. The molecule has 0 unspecified atom stereocenters. The van der Waals surface area contributed by atoms with E-state index in [4.69, 9.17) is 9.26 Å². The summed E-state index contributed by atoms with van der Waals surface area (Å²) in [7, 11) is 3.91. The van der Waals surface area contributed by atoms with Crippen molar-refractivity contribution in [2.24, 2.45) is 0 Å². The van der Waals surface area contributed by atoms with Crippen LogP contribution in [0.3, 0.4) is 0 Å². The minimum absolute atomic E-state index is 0.0243. The Labute approximate surface area is 137 Å². The summed E-state index contributed by atoms with van der Waals surface area (Å²) in [5.74, 6) is 1.10. The van der Waals surface area contributed by atoms with Crippen LogP contribution < -0.4 is 5.32 Å². The first-order valence-corrected chi connectivity index (χ1v) is 8.15. The van der Waals surface area contributed by atoms with Crippen LogP contribution in [-0.2, 0) is 10.3 Å². The summed E-state index contributed by atoms with van der Waals surface area (Å²) in [6, 6.07) is 0.0243. The van der Waals surface area contributed by atoms with E-state index in [2.05, 4.69) is 15.5 Å². The van der Waals surface area contributed by atoms with E-state index in [1.807, 2.05) is 46.7 Å². The second kappa shape index (κ2) is 6.47. The average Bonchev–Trinajstić information content (AvgIpc) is 3.04. The van der Waals surface area contributed by atoms with Gasteiger partial charge in [0.1, 0.15) is 11.1 Å². The van der Waals surface area contributed by atoms with Gasteiger partial charge < -0.3 is 14.6 Å². The van der Waals surface area contributed by atoms with Crippen LogP contribution in [0, 0.1) is 0 Å². The molecule has 7 nitrogen and oxygen atoms in total. The van der Waals surface area contributed by atoms with Gasteiger partial charge in [-0.15, -0.1) is 0 Å². The fourth-order valence-electron chi connectivity index (χ4n) is 2.70. The molecule has 1 aliphatic rings. The van der Waals surface area contributed by atoms with Crippen molar-refractivity contribution in [2.75, 3.05) is 14.1 Å². The zero-order valence-corrected chi connectivity index (χ0v) is 15.0. The Hall–Kier alpha value is -1.63. The number of hydrogen-bond acceptors (Lipinski definition) is 6. The minimum Gasteiger partial charge on any atom is -0.444 e. The van der Waals surface area contributed by atoms with Crippen LogP contribution in [0.25, 0.3) is 0 Å². The summed E-state index contributed by atoms with van der Waals surface area (Å²) in [4.78, 5) is 18.8. The summed E-state index contributed by atoms with van der Waals surface area (Å²) in [6.07, 6.45) is 3.18. The van der Waals surface area contributed by atoms with Crippen LogP contribution in [0.15, 0.2) is 4.52 Å². The van der Waals surface area contributed by atoms with Gasteiger partial charge in [0.2, 0.25) is 5.89 Å². The molecular weight excluding hydrogens is 296 g/mol. The molecule has 1 heterocycles. The number of aromatic nitrogens is 2. The van der Waals surface area contributed by atoms with Gasteiger partial charge in [-0.3, -0.25) is 4.90 Å². The Bertz CT molecular complexity index is 542. The molecule has 0 radical (unpaired) electrons. The number of amides is 1. The number of ether oxygens (including phenoxy) is 1. The Morgan fingerprint density at radius 2 is 1.96 bits per heavy atom. The maximum Gasteiger partial charge on any atom is 0.408 e. The van der Waals surface area contributed by atoms with E-state index in [9.17, 15) is 4.79 Å². The van der Waals surface area contributed by atoms with Crippen LogP contribution in [0.4, 0.5) is 4.79 Å². The molecule has 0 saturated heterocycles. The van der Waals surface area contributed by atoms with Gasteiger partial charge in [0.15, 0.2) is 5.82 Å². The molecule has 1 atom stereocenters. The molecule has 1 aromatic heterocycles. The van der Waals surface area contributed by atoms with Crippen molar-refractivity contribution in [1.29, 1.82) is 0 Å². The highest BCUT2D eigenvalue weighted by molar-refractivity contribution is 5.69. The molecule has 1 amide bonds. The zero-order valence-electron chi connectivity index (χ0n) is 15.0. The number of nitrogens with one attached hydrogen (secondary N) is 1. The fourth-order valence-corrected chi connectivity index (χ4v) is 2.70. The average molecular weight is 324 g/mol. The van der Waals surface area contributed by atoms with E-state index in [0.717, 1.165) is 25.7 Å². The molecule has 2 rings (SSSR count). The Kier molecular flexibility index (Phi) is 4.98. The van der Waals surface area contributed by atoms with E-state index in [1.165, 1.54) is 0 Å². The van der Waals surface area contributed by atoms with Crippen molar-refractivity contribution < 1.29 is 14.1 Å². The Balaban J connectivity index is 2.19. The summed E-state index contributed by atoms with van der Waals surface area (Å²) < 4.78 is 10.8. The lowest BCUT2D eigenvalue weighted by atomic mass is 9.97. The van der Waals surface area contributed by atoms with Crippen LogP contribution in [0.2, 0.25) is 0 Å². The van der Waals surface area contributed by atoms with Crippen molar-refractivity contribution >= 4 is 6.09 Å². The number of nitrogens with zero attached hydrogens (tertiary/aromatic N) is 3. The Morgan fingerprint density at radius 3 is 2.48 bits per heavy atom. The summed E-state index contributed by atoms with van der Waals surface area (Å²) >= 11 is 0. The van der Waals surface area contributed by atoms with Gasteiger partial charge in [-0.1, -0.05) is 18.0 Å². The van der Waals surface area contributed by atoms with Gasteiger partial charge in [-0.2, -0.15) is 4.98 Å². The van der Waals surface area contributed by atoms with Gasteiger partial charge in [0.05, 0.1) is 6.04 Å². The first-order valence-electron chi connectivity index (χ1n) is 8.15. The zero-order chi connectivity index (χ0) is 17.3. The Morgan fingerprint density at radius 1 is 1.35 bits per heavy atom. The third-order valence-corrected chi connectivity index (χ3v) is 4.20. The lowest BCUT2D eigenvalue weighted by molar-refractivity contribution is 0.0446. The molecule has 1 N–H and O–H groups in total. The van der Waals surface area contributed by atoms with Gasteiger partial charge in [-0.25, -0.2) is 4.79 Å². The summed E-state index contributed by atoms with van der Waals surface area (Å²) in [5.41, 5.74) is -1.12. The van der Waals surface area contributed by atoms with E-state index in [1.54, 1.807) is 0 Å². The predicted molar refractivity (Wildman–Crippen MR) is 85.9 cm³/mol. The number of alkyl carbamates (subject to hydrolysis) is 1. The largest absolute Gasteiger partial charge is 0.444 e. The maximum absolute atomic E-state index is 12.2. The summed E-state index contributed by atoms with van der Waals surface area (Å²) in [6.45, 7) is 7.54. The number of rotatable bonds is 4. The molecular formula is C16H28N4O3. The van der Waals surface area contributed by atoms with Crippen molar-refractivity contribution in [3.05, 3.63) is 11.7 Å². The lowest BCUT2D eigenvalue weighted by Gasteiger charge is -2.29. The molecule has 1 fully saturated rings. The fraction of sp³-hybridized carbons (Fsp3) is 0.812. The standard InChI is InChI=1S/C16H28N4O3/c1-11(20(5)6)12-17-13(19-23-12)16(9-7-8-10-16)18-14(21)22-15(2,3)4/h11H,7-10H2,1-6H3,(H,18,21)/t11-/m0/s1. The normalized spacial score (nSPS) is 18.9. The molecule has 1 saturated carbocycles. The summed E-state index contributed by atoms with van der Waals surface area (Å²) in [5, 5.41) is 7.13. The first kappa shape index (κ1) is 17.7. The minimum atomic E-state index is -0.587. The highest BCUT2D eigenvalue weighted by Crippen LogP contribution is 2.38. The molecule has 23 heavy (non-hydrogen) atoms. The van der Waals surface area contributed by atoms with Gasteiger partial charge >= 0.3 is 6.09 Å². The highest BCUT2D eigenvalue weighted by atomic mass is 16.6. The van der Waals surface area contributed by atoms with E-state index < -0.39 is 17.2 Å². The molecule has 0 spiro atoms. The molecule has 1 aliphatic carbocycles. The number of carbonyl (C=O) groups excluding carboxylic acids is 1. The van der Waals surface area contributed by atoms with Crippen molar-refractivity contribution in [2.45, 2.75) is 70.6 Å². The SMILES string of the molecule is C[C@@H](c1nc(C2(NC(=O)OC(C)(C)C)CCCC2)no1)N(C)C. The predicted octanol–water partition coefficient (Wildman–Crippen LogP) is 2.99. The third kappa shape index (κ3) is 4.22. The highest BCUT2D eigenvalue weighted by Gasteiger charge is 2.42. The molecule has 1 aromatic rings. The van der Waals surface area contributed by atoms with Gasteiger partial charge in [0.25, 0.3) is 0 Å². The second-order valence-electron chi connectivity index (χ2n) is 7.51. The monoisotopic (exact) mass is 324 g/mol. The van der Waals surface area contributed by atoms with E-state index in [0.29, 0.717) is 11.7 Å². The lowest BCUT2D eigenvalue weighted by Crippen LogP contribution is -2.46. The first-order chi connectivity index (χ1) is 10.6. The van der Waals surface area contributed by atoms with Crippen molar-refractivity contribution in [3.8, 4) is 0 Å². The molecule has 7 heteroatoms. The van der Waals surface area contributed by atoms with Crippen molar-refractivity contribution in [1.82, 2.24) is 20.4 Å². The van der Waals surface area contributed by atoms with Crippen molar-refractivity contribution in [3.63, 3.8) is 0 Å². The molecule has 0 aliphatic heterocycles. The van der Waals surface area contributed by atoms with Crippen LogP contribution >= 0.6 is 0 Å². The quantitative estimate of drug-likeness (QED) is 0.917. The smallest absolute Gasteiger partial charge is 0.408 e. The van der Waals surface area contributed by atoms with Crippen LogP contribution in [0.1, 0.15) is 71.1 Å². The molecule has 0 aromatic carbocycles. The van der Waals surface area contributed by atoms with Crippen LogP contribution in [-0.4, -0.2) is 40.8 Å². The van der Waals surface area contributed by atoms with E-state index in [-0.39, 0.29) is 6.04 Å². The van der Waals surface area contributed by atoms with Gasteiger partial charge in [0, 0.05) is 0 Å². The third-order valence-electron chi connectivity index (χ3n) is 4.20.